The molecule has 0 saturated carbocycles. The van der Waals surface area contributed by atoms with Gasteiger partial charge < -0.3 is 24.5 Å². The van der Waals surface area contributed by atoms with Gasteiger partial charge in [-0.05, 0) is 47.7 Å². The largest absolute Gasteiger partial charge is 0.492 e. The highest BCUT2D eigenvalue weighted by Crippen LogP contribution is 2.35. The van der Waals surface area contributed by atoms with Crippen molar-refractivity contribution in [1.82, 2.24) is 19.9 Å². The number of nitrogens with zero attached hydrogens (tertiary/aromatic N) is 3. The van der Waals surface area contributed by atoms with Crippen LogP contribution in [0.2, 0.25) is 0 Å². The van der Waals surface area contributed by atoms with Crippen molar-refractivity contribution in [3.8, 4) is 11.8 Å². The maximum Gasteiger partial charge on any atom is 0.316 e. The molecule has 2 aromatic carbocycles. The van der Waals surface area contributed by atoms with Crippen LogP contribution in [0.1, 0.15) is 22.7 Å². The summed E-state index contributed by atoms with van der Waals surface area (Å²) in [4.78, 5) is 26.4. The van der Waals surface area contributed by atoms with Gasteiger partial charge in [0.25, 0.3) is 5.56 Å². The Morgan fingerprint density at radius 2 is 1.84 bits per heavy atom. The van der Waals surface area contributed by atoms with Crippen molar-refractivity contribution in [2.45, 2.75) is 19.0 Å². The van der Waals surface area contributed by atoms with E-state index in [1.54, 1.807) is 26.6 Å². The maximum atomic E-state index is 12.7. The minimum Gasteiger partial charge on any atom is -0.492 e. The monoisotopic (exact) mass is 501 g/mol. The van der Waals surface area contributed by atoms with Crippen molar-refractivity contribution in [3.63, 3.8) is 0 Å². The summed E-state index contributed by atoms with van der Waals surface area (Å²) in [5, 5.41) is 4.52. The molecule has 0 saturated heterocycles. The van der Waals surface area contributed by atoms with E-state index in [1.807, 2.05) is 42.5 Å². The fourth-order valence-corrected chi connectivity index (χ4v) is 4.61. The number of H-pyrrole nitrogens is 1. The van der Waals surface area contributed by atoms with Crippen LogP contribution in [0.15, 0.2) is 65.7 Å². The number of hydrogen-bond donors (Lipinski definition) is 2. The minimum absolute atomic E-state index is 0.0566. The number of fused-ring (bicyclic) bond motifs is 2. The normalized spacial score (nSPS) is 14.5. The molecule has 1 unspecified atom stereocenters. The smallest absolute Gasteiger partial charge is 0.316 e. The van der Waals surface area contributed by atoms with E-state index in [4.69, 9.17) is 14.2 Å². The Bertz CT molecular complexity index is 1410. The third-order valence-corrected chi connectivity index (χ3v) is 6.55. The molecule has 5 rings (SSSR count). The molecule has 2 N–H and O–H groups in total. The first-order valence-electron chi connectivity index (χ1n) is 12.3. The number of hydrogen-bond acceptors (Lipinski definition) is 8. The van der Waals surface area contributed by atoms with Crippen LogP contribution in [0.4, 0.5) is 5.69 Å². The van der Waals surface area contributed by atoms with E-state index in [9.17, 15) is 4.79 Å². The Labute approximate surface area is 215 Å². The van der Waals surface area contributed by atoms with Gasteiger partial charge in [-0.25, -0.2) is 9.97 Å². The number of pyridine rings is 1. The Balaban J connectivity index is 1.20. The summed E-state index contributed by atoms with van der Waals surface area (Å²) < 4.78 is 16.4. The van der Waals surface area contributed by atoms with Gasteiger partial charge in [-0.3, -0.25) is 9.69 Å². The first-order chi connectivity index (χ1) is 18.1. The van der Waals surface area contributed by atoms with Crippen LogP contribution >= 0.6 is 0 Å². The maximum absolute atomic E-state index is 12.7. The SMILES string of the molecule is COCCN(CCOc1ccc2c(c1)CC(c1cc3ccccc3[nH]c1=O)N2)Cc1cnc(OC)nc1. The minimum atomic E-state index is -0.0742. The number of benzene rings is 2. The molecule has 0 radical (unpaired) electrons. The number of aromatic nitrogens is 3. The molecule has 0 aliphatic carbocycles. The predicted octanol–water partition coefficient (Wildman–Crippen LogP) is 3.56. The van der Waals surface area contributed by atoms with Gasteiger partial charge in [-0.1, -0.05) is 18.2 Å². The topological polar surface area (TPSA) is 102 Å². The zero-order valence-electron chi connectivity index (χ0n) is 21.1. The van der Waals surface area contributed by atoms with Gasteiger partial charge in [-0.15, -0.1) is 0 Å². The second kappa shape index (κ2) is 11.4. The summed E-state index contributed by atoms with van der Waals surface area (Å²) in [5.74, 6) is 0.813. The van der Waals surface area contributed by atoms with Gasteiger partial charge in [0.15, 0.2) is 0 Å². The molecule has 3 heterocycles. The molecular formula is C28H31N5O4. The molecule has 1 aliphatic rings. The van der Waals surface area contributed by atoms with Crippen molar-refractivity contribution in [2.75, 3.05) is 45.8 Å². The summed E-state index contributed by atoms with van der Waals surface area (Å²) in [6.45, 7) is 3.33. The first-order valence-corrected chi connectivity index (χ1v) is 12.3. The number of methoxy groups -OCH3 is 2. The van der Waals surface area contributed by atoms with E-state index < -0.39 is 0 Å². The highest BCUT2D eigenvalue weighted by Gasteiger charge is 2.25. The van der Waals surface area contributed by atoms with Crippen molar-refractivity contribution in [3.05, 3.63) is 88.0 Å². The molecule has 192 valence electrons. The van der Waals surface area contributed by atoms with Gasteiger partial charge in [0.2, 0.25) is 0 Å². The first kappa shape index (κ1) is 24.7. The molecule has 9 heteroatoms. The van der Waals surface area contributed by atoms with Crippen molar-refractivity contribution >= 4 is 16.6 Å². The standard InChI is InChI=1S/C28H31N5O4/c1-35-11-9-33(18-19-16-29-28(36-2)30-17-19)10-12-37-22-7-8-25-21(13-22)15-26(31-25)23-14-20-5-3-4-6-24(20)32-27(23)34/h3-8,13-14,16-17,26,31H,9-12,15,18H2,1-2H3,(H,32,34). The number of rotatable bonds is 11. The molecule has 0 amide bonds. The summed E-state index contributed by atoms with van der Waals surface area (Å²) in [6.07, 6.45) is 4.28. The Morgan fingerprint density at radius 1 is 1.03 bits per heavy atom. The van der Waals surface area contributed by atoms with Crippen molar-refractivity contribution < 1.29 is 14.2 Å². The van der Waals surface area contributed by atoms with Gasteiger partial charge in [-0.2, -0.15) is 0 Å². The highest BCUT2D eigenvalue weighted by molar-refractivity contribution is 5.79. The lowest BCUT2D eigenvalue weighted by Crippen LogP contribution is -2.31. The highest BCUT2D eigenvalue weighted by atomic mass is 16.5. The van der Waals surface area contributed by atoms with Crippen LogP contribution in [0.5, 0.6) is 11.8 Å². The Hall–Kier alpha value is -3.95. The van der Waals surface area contributed by atoms with Crippen LogP contribution in [0.3, 0.4) is 0 Å². The number of aromatic amines is 1. The quantitative estimate of drug-likeness (QED) is 0.322. The van der Waals surface area contributed by atoms with Gasteiger partial charge in [0.05, 0.1) is 19.8 Å². The number of ether oxygens (including phenoxy) is 3. The molecule has 37 heavy (non-hydrogen) atoms. The zero-order chi connectivity index (χ0) is 25.6. The Morgan fingerprint density at radius 3 is 2.65 bits per heavy atom. The van der Waals surface area contributed by atoms with Crippen LogP contribution < -0.4 is 20.3 Å². The molecule has 0 fully saturated rings. The summed E-state index contributed by atoms with van der Waals surface area (Å²) in [5.41, 5.74) is 4.71. The van der Waals surface area contributed by atoms with Crippen LogP contribution in [0.25, 0.3) is 10.9 Å². The van der Waals surface area contributed by atoms with Crippen LogP contribution in [-0.4, -0.2) is 60.4 Å². The number of nitrogens with one attached hydrogen (secondary N) is 2. The van der Waals surface area contributed by atoms with E-state index in [2.05, 4.69) is 31.2 Å². The third kappa shape index (κ3) is 5.90. The Kier molecular flexibility index (Phi) is 7.62. The summed E-state index contributed by atoms with van der Waals surface area (Å²) >= 11 is 0. The third-order valence-electron chi connectivity index (χ3n) is 6.55. The number of para-hydroxylation sites is 1. The van der Waals surface area contributed by atoms with Crippen LogP contribution in [-0.2, 0) is 17.7 Å². The fraction of sp³-hybridized carbons (Fsp3) is 0.321. The van der Waals surface area contributed by atoms with Gasteiger partial charge in [0, 0.05) is 61.5 Å². The zero-order valence-corrected chi connectivity index (χ0v) is 21.1. The van der Waals surface area contributed by atoms with E-state index in [0.29, 0.717) is 25.8 Å². The fourth-order valence-electron chi connectivity index (χ4n) is 4.61. The second-order valence-corrected chi connectivity index (χ2v) is 9.06. The summed E-state index contributed by atoms with van der Waals surface area (Å²) in [7, 11) is 3.25. The van der Waals surface area contributed by atoms with Gasteiger partial charge in [0.1, 0.15) is 12.4 Å². The lowest BCUT2D eigenvalue weighted by atomic mass is 10.0. The molecule has 4 aromatic rings. The molecule has 1 atom stereocenters. The molecule has 0 spiro atoms. The van der Waals surface area contributed by atoms with Gasteiger partial charge >= 0.3 is 6.01 Å². The van der Waals surface area contributed by atoms with E-state index in [-0.39, 0.29) is 11.6 Å². The molecule has 0 bridgehead atoms. The number of anilines is 1. The molecule has 9 nitrogen and oxygen atoms in total. The molecule has 2 aromatic heterocycles. The lowest BCUT2D eigenvalue weighted by molar-refractivity contribution is 0.130. The van der Waals surface area contributed by atoms with Crippen molar-refractivity contribution in [1.29, 1.82) is 0 Å². The van der Waals surface area contributed by atoms with E-state index >= 15 is 0 Å². The summed E-state index contributed by atoms with van der Waals surface area (Å²) in [6, 6.07) is 16.2. The average molecular weight is 502 g/mol. The van der Waals surface area contributed by atoms with Crippen LogP contribution in [0, 0.1) is 0 Å². The predicted molar refractivity (Wildman–Crippen MR) is 142 cm³/mol. The lowest BCUT2D eigenvalue weighted by Gasteiger charge is -2.22. The van der Waals surface area contributed by atoms with E-state index in [0.717, 1.165) is 58.5 Å². The van der Waals surface area contributed by atoms with Crippen molar-refractivity contribution in [2.24, 2.45) is 0 Å². The average Bonchev–Trinajstić information content (AvgIpc) is 3.35. The van der Waals surface area contributed by atoms with E-state index in [1.165, 1.54) is 0 Å². The molecular weight excluding hydrogens is 470 g/mol. The second-order valence-electron chi connectivity index (χ2n) is 9.06. The molecule has 1 aliphatic heterocycles.